The fraction of sp³-hybridized carbons (Fsp3) is 0.500. The lowest BCUT2D eigenvalue weighted by atomic mass is 9.95. The maximum Gasteiger partial charge on any atom is 0.107 e. The van der Waals surface area contributed by atoms with Crippen LogP contribution in [-0.4, -0.2) is 17.7 Å². The standard InChI is InChI=1S/C16H23NO2S/c1-11(7-14-5-6-20-9-14)17-10-16(4,18)15-8-12(2)19-13(15)3/h5-6,8-9,11,17-18H,7,10H2,1-4H3. The first kappa shape index (κ1) is 15.3. The van der Waals surface area contributed by atoms with Crippen LogP contribution >= 0.6 is 11.3 Å². The minimum atomic E-state index is -0.912. The van der Waals surface area contributed by atoms with Crippen molar-refractivity contribution in [2.45, 2.75) is 45.8 Å². The number of furan rings is 1. The molecule has 2 atom stereocenters. The molecule has 0 fully saturated rings. The molecule has 20 heavy (non-hydrogen) atoms. The maximum atomic E-state index is 10.6. The summed E-state index contributed by atoms with van der Waals surface area (Å²) in [5.41, 5.74) is 1.29. The van der Waals surface area contributed by atoms with Crippen molar-refractivity contribution in [3.05, 3.63) is 45.5 Å². The molecular formula is C16H23NO2S. The molecule has 0 spiro atoms. The van der Waals surface area contributed by atoms with Crippen molar-refractivity contribution in [1.29, 1.82) is 0 Å². The zero-order valence-electron chi connectivity index (χ0n) is 12.6. The van der Waals surface area contributed by atoms with Gasteiger partial charge < -0.3 is 14.8 Å². The SMILES string of the molecule is Cc1cc(C(C)(O)CNC(C)Cc2ccsc2)c(C)o1. The highest BCUT2D eigenvalue weighted by Gasteiger charge is 2.27. The van der Waals surface area contributed by atoms with E-state index in [2.05, 4.69) is 29.1 Å². The van der Waals surface area contributed by atoms with Crippen molar-refractivity contribution in [3.8, 4) is 0 Å². The van der Waals surface area contributed by atoms with Crippen molar-refractivity contribution >= 4 is 11.3 Å². The van der Waals surface area contributed by atoms with Crippen molar-refractivity contribution in [2.75, 3.05) is 6.54 Å². The fourth-order valence-electron chi connectivity index (χ4n) is 2.47. The first-order chi connectivity index (χ1) is 9.38. The average Bonchev–Trinajstić information content (AvgIpc) is 2.97. The Kier molecular flexibility index (Phi) is 4.68. The van der Waals surface area contributed by atoms with Crippen LogP contribution in [0.3, 0.4) is 0 Å². The molecule has 2 unspecified atom stereocenters. The third-order valence-electron chi connectivity index (χ3n) is 3.54. The van der Waals surface area contributed by atoms with E-state index < -0.39 is 5.60 Å². The van der Waals surface area contributed by atoms with Gasteiger partial charge in [0.1, 0.15) is 17.1 Å². The molecule has 2 aromatic heterocycles. The average molecular weight is 293 g/mol. The second-order valence-corrected chi connectivity index (χ2v) is 6.50. The number of hydrogen-bond acceptors (Lipinski definition) is 4. The number of hydrogen-bond donors (Lipinski definition) is 2. The Bertz CT molecular complexity index is 543. The van der Waals surface area contributed by atoms with Crippen LogP contribution in [0.5, 0.6) is 0 Å². The van der Waals surface area contributed by atoms with Gasteiger partial charge >= 0.3 is 0 Å². The molecule has 2 rings (SSSR count). The van der Waals surface area contributed by atoms with E-state index in [4.69, 9.17) is 4.42 Å². The molecule has 110 valence electrons. The van der Waals surface area contributed by atoms with Gasteiger partial charge in [-0.15, -0.1) is 0 Å². The molecule has 0 aliphatic carbocycles. The summed E-state index contributed by atoms with van der Waals surface area (Å²) in [6.45, 7) is 8.28. The van der Waals surface area contributed by atoms with Crippen molar-refractivity contribution in [1.82, 2.24) is 5.32 Å². The summed E-state index contributed by atoms with van der Waals surface area (Å²) in [6, 6.07) is 4.38. The second kappa shape index (κ2) is 6.12. The molecule has 0 saturated heterocycles. The number of aliphatic hydroxyl groups is 1. The predicted molar refractivity (Wildman–Crippen MR) is 83.2 cm³/mol. The molecule has 2 aromatic rings. The highest BCUT2D eigenvalue weighted by Crippen LogP contribution is 2.26. The quantitative estimate of drug-likeness (QED) is 0.858. The van der Waals surface area contributed by atoms with Crippen LogP contribution in [-0.2, 0) is 12.0 Å². The van der Waals surface area contributed by atoms with Crippen LogP contribution in [0.25, 0.3) is 0 Å². The van der Waals surface area contributed by atoms with Crippen LogP contribution < -0.4 is 5.32 Å². The summed E-state index contributed by atoms with van der Waals surface area (Å²) in [7, 11) is 0. The maximum absolute atomic E-state index is 10.6. The van der Waals surface area contributed by atoms with Gasteiger partial charge in [-0.3, -0.25) is 0 Å². The minimum absolute atomic E-state index is 0.323. The topological polar surface area (TPSA) is 45.4 Å². The minimum Gasteiger partial charge on any atom is -0.466 e. The summed E-state index contributed by atoms with van der Waals surface area (Å²) in [5, 5.41) is 18.3. The molecule has 0 aliphatic rings. The molecule has 3 nitrogen and oxygen atoms in total. The largest absolute Gasteiger partial charge is 0.466 e. The van der Waals surface area contributed by atoms with Crippen molar-refractivity contribution in [3.63, 3.8) is 0 Å². The predicted octanol–water partition coefficient (Wildman–Crippen LogP) is 3.39. The zero-order valence-corrected chi connectivity index (χ0v) is 13.4. The lowest BCUT2D eigenvalue weighted by molar-refractivity contribution is 0.0529. The van der Waals surface area contributed by atoms with Crippen molar-refractivity contribution < 1.29 is 9.52 Å². The smallest absolute Gasteiger partial charge is 0.107 e. The number of aryl methyl sites for hydroxylation is 2. The van der Waals surface area contributed by atoms with Gasteiger partial charge in [-0.25, -0.2) is 0 Å². The Hall–Kier alpha value is -1.10. The van der Waals surface area contributed by atoms with E-state index in [1.807, 2.05) is 26.8 Å². The molecule has 2 N–H and O–H groups in total. The molecular weight excluding hydrogens is 270 g/mol. The summed E-state index contributed by atoms with van der Waals surface area (Å²) in [6.07, 6.45) is 0.975. The Morgan fingerprint density at radius 3 is 2.75 bits per heavy atom. The molecule has 0 saturated carbocycles. The zero-order chi connectivity index (χ0) is 14.8. The first-order valence-corrected chi connectivity index (χ1v) is 7.87. The summed E-state index contributed by atoms with van der Waals surface area (Å²) >= 11 is 1.72. The highest BCUT2D eigenvalue weighted by atomic mass is 32.1. The van der Waals surface area contributed by atoms with E-state index in [1.54, 1.807) is 11.3 Å². The van der Waals surface area contributed by atoms with Gasteiger partial charge in [0, 0.05) is 18.2 Å². The lowest BCUT2D eigenvalue weighted by Gasteiger charge is -2.25. The Labute approximate surface area is 124 Å². The fourth-order valence-corrected chi connectivity index (χ4v) is 3.15. The van der Waals surface area contributed by atoms with Crippen LogP contribution in [0.4, 0.5) is 0 Å². The van der Waals surface area contributed by atoms with Gasteiger partial charge in [-0.05, 0) is 62.6 Å². The molecule has 0 aromatic carbocycles. The summed E-state index contributed by atoms with van der Waals surface area (Å²) in [5.74, 6) is 1.63. The Morgan fingerprint density at radius 1 is 1.45 bits per heavy atom. The van der Waals surface area contributed by atoms with E-state index in [1.165, 1.54) is 5.56 Å². The molecule has 2 heterocycles. The lowest BCUT2D eigenvalue weighted by Crippen LogP contribution is -2.40. The normalized spacial score (nSPS) is 16.1. The van der Waals surface area contributed by atoms with Crippen LogP contribution in [0.2, 0.25) is 0 Å². The molecule has 0 bridgehead atoms. The number of thiophene rings is 1. The van der Waals surface area contributed by atoms with E-state index in [0.29, 0.717) is 12.6 Å². The molecule has 0 amide bonds. The second-order valence-electron chi connectivity index (χ2n) is 5.72. The van der Waals surface area contributed by atoms with Gasteiger partial charge in [-0.1, -0.05) is 0 Å². The van der Waals surface area contributed by atoms with Crippen LogP contribution in [0.15, 0.2) is 27.3 Å². The van der Waals surface area contributed by atoms with E-state index in [-0.39, 0.29) is 0 Å². The van der Waals surface area contributed by atoms with Gasteiger partial charge in [0.25, 0.3) is 0 Å². The van der Waals surface area contributed by atoms with Gasteiger partial charge in [0.2, 0.25) is 0 Å². The third-order valence-corrected chi connectivity index (χ3v) is 4.27. The van der Waals surface area contributed by atoms with Crippen molar-refractivity contribution in [2.24, 2.45) is 0 Å². The number of nitrogens with one attached hydrogen (secondary N) is 1. The Morgan fingerprint density at radius 2 is 2.20 bits per heavy atom. The highest BCUT2D eigenvalue weighted by molar-refractivity contribution is 7.07. The summed E-state index contributed by atoms with van der Waals surface area (Å²) < 4.78 is 5.51. The van der Waals surface area contributed by atoms with Crippen LogP contribution in [0, 0.1) is 13.8 Å². The molecule has 0 radical (unpaired) electrons. The monoisotopic (exact) mass is 293 g/mol. The Balaban J connectivity index is 1.93. The van der Waals surface area contributed by atoms with Gasteiger partial charge in [0.15, 0.2) is 0 Å². The van der Waals surface area contributed by atoms with Gasteiger partial charge in [-0.2, -0.15) is 11.3 Å². The molecule has 4 heteroatoms. The molecule has 0 aliphatic heterocycles. The van der Waals surface area contributed by atoms with Crippen LogP contribution in [0.1, 0.15) is 36.5 Å². The van der Waals surface area contributed by atoms with Gasteiger partial charge in [0.05, 0.1) is 0 Å². The van der Waals surface area contributed by atoms with E-state index >= 15 is 0 Å². The summed E-state index contributed by atoms with van der Waals surface area (Å²) in [4.78, 5) is 0. The van der Waals surface area contributed by atoms with E-state index in [9.17, 15) is 5.11 Å². The van der Waals surface area contributed by atoms with E-state index in [0.717, 1.165) is 23.5 Å². The first-order valence-electron chi connectivity index (χ1n) is 6.93. The third kappa shape index (κ3) is 3.72. The number of rotatable bonds is 6.